The Morgan fingerprint density at radius 1 is 1.03 bits per heavy atom. The van der Waals surface area contributed by atoms with Gasteiger partial charge in [-0.05, 0) is 42.5 Å². The third kappa shape index (κ3) is 12.5. The second-order valence-corrected chi connectivity index (χ2v) is 7.75. The van der Waals surface area contributed by atoms with Gasteiger partial charge in [0.1, 0.15) is 5.69 Å². The number of halogens is 1. The maximum absolute atomic E-state index is 12.0. The standard InChI is InChI=1S/C16H28N4.C5H3FN2O.3C2H6/c1-16(2)8-10-20(11-9-16)15-12-13(19(5)18-4)6-7-14(15)17-3;6-5-7-2-1-4(3-9)8-5;3*1-2/h6-7,12,17-18H,8-11H2,1-5H3;1-3H;3*1-2H3. The third-order valence-corrected chi connectivity index (χ3v) is 5.20. The zero-order chi connectivity index (χ0) is 27.4. The molecule has 0 saturated carbocycles. The summed E-state index contributed by atoms with van der Waals surface area (Å²) < 4.78 is 12.0. The number of aromatic nitrogens is 2. The molecule has 35 heavy (non-hydrogen) atoms. The number of aldehydes is 1. The highest BCUT2D eigenvalue weighted by Crippen LogP contribution is 2.36. The van der Waals surface area contributed by atoms with Crippen LogP contribution in [0.4, 0.5) is 21.5 Å². The molecule has 0 radical (unpaired) electrons. The van der Waals surface area contributed by atoms with Gasteiger partial charge < -0.3 is 15.2 Å². The fourth-order valence-corrected chi connectivity index (χ4v) is 3.10. The minimum atomic E-state index is -0.875. The lowest BCUT2D eigenvalue weighted by Crippen LogP contribution is -2.38. The molecule has 1 saturated heterocycles. The Bertz CT molecular complexity index is 806. The Labute approximate surface area is 213 Å². The van der Waals surface area contributed by atoms with E-state index < -0.39 is 6.08 Å². The van der Waals surface area contributed by atoms with E-state index in [2.05, 4.69) is 57.7 Å². The number of carbonyl (C=O) groups is 1. The van der Waals surface area contributed by atoms with Crippen LogP contribution < -0.4 is 20.7 Å². The van der Waals surface area contributed by atoms with Crippen molar-refractivity contribution in [3.05, 3.63) is 42.2 Å². The van der Waals surface area contributed by atoms with Crippen molar-refractivity contribution < 1.29 is 9.18 Å². The van der Waals surface area contributed by atoms with Crippen LogP contribution in [0, 0.1) is 11.5 Å². The van der Waals surface area contributed by atoms with E-state index in [9.17, 15) is 9.18 Å². The number of benzene rings is 1. The van der Waals surface area contributed by atoms with Crippen molar-refractivity contribution in [1.29, 1.82) is 0 Å². The Morgan fingerprint density at radius 3 is 2.03 bits per heavy atom. The molecule has 7 nitrogen and oxygen atoms in total. The van der Waals surface area contributed by atoms with Gasteiger partial charge in [0, 0.05) is 40.4 Å². The second-order valence-electron chi connectivity index (χ2n) is 7.75. The molecule has 2 N–H and O–H groups in total. The molecule has 1 aliphatic heterocycles. The smallest absolute Gasteiger partial charge is 0.309 e. The van der Waals surface area contributed by atoms with E-state index >= 15 is 0 Å². The molecule has 0 atom stereocenters. The van der Waals surface area contributed by atoms with E-state index in [-0.39, 0.29) is 5.69 Å². The van der Waals surface area contributed by atoms with Gasteiger partial charge in [-0.1, -0.05) is 55.4 Å². The number of nitrogens with zero attached hydrogens (tertiary/aromatic N) is 4. The lowest BCUT2D eigenvalue weighted by Gasteiger charge is -2.39. The molecule has 1 aromatic heterocycles. The van der Waals surface area contributed by atoms with Crippen molar-refractivity contribution >= 4 is 23.3 Å². The van der Waals surface area contributed by atoms with Crippen LogP contribution in [0.2, 0.25) is 0 Å². The van der Waals surface area contributed by atoms with E-state index in [1.807, 2.05) is 67.7 Å². The van der Waals surface area contributed by atoms with Gasteiger partial charge in [0.05, 0.1) is 17.1 Å². The maximum atomic E-state index is 12.0. The minimum absolute atomic E-state index is 0.0579. The second kappa shape index (κ2) is 19.6. The zero-order valence-corrected chi connectivity index (χ0v) is 23.9. The molecule has 0 aliphatic carbocycles. The topological polar surface area (TPSA) is 73.4 Å². The van der Waals surface area contributed by atoms with Crippen molar-refractivity contribution in [2.75, 3.05) is 49.5 Å². The zero-order valence-electron chi connectivity index (χ0n) is 23.9. The number of piperidine rings is 1. The first kappa shape index (κ1) is 34.4. The molecule has 0 amide bonds. The molecule has 2 heterocycles. The molecular weight excluding hydrogens is 443 g/mol. The highest BCUT2D eigenvalue weighted by atomic mass is 19.1. The molecule has 1 fully saturated rings. The average molecular weight is 493 g/mol. The maximum Gasteiger partial charge on any atom is 0.309 e. The number of hydrogen-bond acceptors (Lipinski definition) is 7. The summed E-state index contributed by atoms with van der Waals surface area (Å²) in [6.45, 7) is 19.0. The molecule has 0 unspecified atom stereocenters. The molecule has 8 heteroatoms. The van der Waals surface area contributed by atoms with E-state index in [1.165, 1.54) is 42.2 Å². The van der Waals surface area contributed by atoms with Gasteiger partial charge in [-0.25, -0.2) is 10.4 Å². The molecule has 0 bridgehead atoms. The van der Waals surface area contributed by atoms with Crippen LogP contribution in [-0.4, -0.2) is 50.5 Å². The van der Waals surface area contributed by atoms with Crippen molar-refractivity contribution in [1.82, 2.24) is 15.4 Å². The molecule has 200 valence electrons. The highest BCUT2D eigenvalue weighted by molar-refractivity contribution is 5.75. The first-order valence-electron chi connectivity index (χ1n) is 12.7. The molecular formula is C27H49FN6O. The van der Waals surface area contributed by atoms with Crippen LogP contribution in [-0.2, 0) is 0 Å². The highest BCUT2D eigenvalue weighted by Gasteiger charge is 2.26. The Morgan fingerprint density at radius 2 is 1.60 bits per heavy atom. The lowest BCUT2D eigenvalue weighted by molar-refractivity contribution is 0.111. The van der Waals surface area contributed by atoms with Crippen LogP contribution in [0.25, 0.3) is 0 Å². The van der Waals surface area contributed by atoms with Gasteiger partial charge in [-0.2, -0.15) is 9.37 Å². The summed E-state index contributed by atoms with van der Waals surface area (Å²) in [6.07, 6.45) is 3.28. The number of hydrazine groups is 1. The van der Waals surface area contributed by atoms with Gasteiger partial charge >= 0.3 is 6.08 Å². The first-order chi connectivity index (χ1) is 16.8. The fourth-order valence-electron chi connectivity index (χ4n) is 3.10. The normalized spacial score (nSPS) is 13.1. The number of carbonyl (C=O) groups excluding carboxylic acids is 1. The molecule has 1 aromatic carbocycles. The summed E-state index contributed by atoms with van der Waals surface area (Å²) in [5, 5.41) is 5.36. The third-order valence-electron chi connectivity index (χ3n) is 5.20. The fraction of sp³-hybridized carbons (Fsp3) is 0.593. The number of nitrogens with one attached hydrogen (secondary N) is 2. The molecule has 2 aromatic rings. The minimum Gasteiger partial charge on any atom is -0.386 e. The van der Waals surface area contributed by atoms with E-state index in [4.69, 9.17) is 0 Å². The summed E-state index contributed by atoms with van der Waals surface area (Å²) in [7, 11) is 5.97. The molecule has 1 aliphatic rings. The van der Waals surface area contributed by atoms with Gasteiger partial charge in [-0.3, -0.25) is 4.79 Å². The summed E-state index contributed by atoms with van der Waals surface area (Å²) in [4.78, 5) is 18.7. The van der Waals surface area contributed by atoms with Crippen molar-refractivity contribution in [2.45, 2.75) is 68.2 Å². The van der Waals surface area contributed by atoms with Crippen LogP contribution in [0.3, 0.4) is 0 Å². The molecule has 0 spiro atoms. The SMILES string of the molecule is CC.CC.CC.CNc1ccc(N(C)NC)cc1N1CCC(C)(C)CC1.O=Cc1ccnc(F)n1. The van der Waals surface area contributed by atoms with Gasteiger partial charge in [0.25, 0.3) is 0 Å². The van der Waals surface area contributed by atoms with E-state index in [0.29, 0.717) is 11.7 Å². The quantitative estimate of drug-likeness (QED) is 0.283. The van der Waals surface area contributed by atoms with Crippen LogP contribution >= 0.6 is 0 Å². The summed E-state index contributed by atoms with van der Waals surface area (Å²) in [6, 6.07) is 7.90. The number of hydrogen-bond donors (Lipinski definition) is 2. The average Bonchev–Trinajstić information content (AvgIpc) is 2.91. The van der Waals surface area contributed by atoms with Gasteiger partial charge in [0.15, 0.2) is 6.29 Å². The molecule has 3 rings (SSSR count). The Kier molecular flexibility index (Phi) is 19.2. The Balaban J connectivity index is 0. The van der Waals surface area contributed by atoms with E-state index in [0.717, 1.165) is 13.1 Å². The predicted octanol–water partition coefficient (Wildman–Crippen LogP) is 6.43. The summed E-state index contributed by atoms with van der Waals surface area (Å²) in [5.41, 5.74) is 7.40. The van der Waals surface area contributed by atoms with Crippen LogP contribution in [0.1, 0.15) is 78.7 Å². The van der Waals surface area contributed by atoms with Crippen LogP contribution in [0.15, 0.2) is 30.5 Å². The lowest BCUT2D eigenvalue weighted by atomic mass is 9.82. The van der Waals surface area contributed by atoms with Crippen molar-refractivity contribution in [2.24, 2.45) is 5.41 Å². The van der Waals surface area contributed by atoms with Crippen LogP contribution in [0.5, 0.6) is 0 Å². The van der Waals surface area contributed by atoms with Gasteiger partial charge in [0.2, 0.25) is 0 Å². The first-order valence-corrected chi connectivity index (χ1v) is 12.7. The number of rotatable bonds is 5. The largest absolute Gasteiger partial charge is 0.386 e. The van der Waals surface area contributed by atoms with Gasteiger partial charge in [-0.15, -0.1) is 0 Å². The Hall–Kier alpha value is -2.74. The van der Waals surface area contributed by atoms with Crippen molar-refractivity contribution in [3.8, 4) is 0 Å². The summed E-state index contributed by atoms with van der Waals surface area (Å²) >= 11 is 0. The van der Waals surface area contributed by atoms with E-state index in [1.54, 1.807) is 0 Å². The number of anilines is 3. The predicted molar refractivity (Wildman–Crippen MR) is 150 cm³/mol. The monoisotopic (exact) mass is 492 g/mol. The summed E-state index contributed by atoms with van der Waals surface area (Å²) in [5.74, 6) is 0. The van der Waals surface area contributed by atoms with Crippen molar-refractivity contribution in [3.63, 3.8) is 0 Å².